The van der Waals surface area contributed by atoms with E-state index in [9.17, 15) is 18.0 Å². The molecule has 140 valence electrons. The molecule has 1 amide bonds. The molecule has 0 fully saturated rings. The number of carbonyl (C=O) groups is 1. The molecule has 26 heavy (non-hydrogen) atoms. The lowest BCUT2D eigenvalue weighted by Crippen LogP contribution is -2.23. The van der Waals surface area contributed by atoms with Crippen molar-refractivity contribution in [1.82, 2.24) is 0 Å². The van der Waals surface area contributed by atoms with Crippen LogP contribution in [0.1, 0.15) is 5.56 Å². The predicted molar refractivity (Wildman–Crippen MR) is 95.3 cm³/mol. The molecule has 0 unspecified atom stereocenters. The zero-order chi connectivity index (χ0) is 19.2. The lowest BCUT2D eigenvalue weighted by Gasteiger charge is -2.16. The lowest BCUT2D eigenvalue weighted by molar-refractivity contribution is -0.137. The second-order valence-electron chi connectivity index (χ2n) is 5.19. The quantitative estimate of drug-likeness (QED) is 0.620. The molecule has 0 radical (unpaired) electrons. The zero-order valence-electron chi connectivity index (χ0n) is 13.4. The fourth-order valence-corrected chi connectivity index (χ4v) is 2.34. The lowest BCUT2D eigenvalue weighted by atomic mass is 10.1. The summed E-state index contributed by atoms with van der Waals surface area (Å²) in [6.07, 6.45) is -4.62. The van der Waals surface area contributed by atoms with Crippen LogP contribution < -0.4 is 15.4 Å². The third-order valence-electron chi connectivity index (χ3n) is 3.22. The van der Waals surface area contributed by atoms with E-state index >= 15 is 0 Å². The van der Waals surface area contributed by atoms with Gasteiger partial charge < -0.3 is 20.5 Å². The highest BCUT2D eigenvalue weighted by Crippen LogP contribution is 2.37. The first kappa shape index (κ1) is 20.1. The Morgan fingerprint density at radius 2 is 1.85 bits per heavy atom. The largest absolute Gasteiger partial charge is 0.491 e. The van der Waals surface area contributed by atoms with Gasteiger partial charge in [-0.3, -0.25) is 4.79 Å². The van der Waals surface area contributed by atoms with Crippen molar-refractivity contribution in [2.24, 2.45) is 0 Å². The van der Waals surface area contributed by atoms with Crippen LogP contribution >= 0.6 is 15.9 Å². The number of hydrogen-bond acceptors (Lipinski definition) is 4. The number of halogens is 4. The van der Waals surface area contributed by atoms with E-state index in [0.717, 1.165) is 10.5 Å². The average Bonchev–Trinajstić information content (AvgIpc) is 2.59. The minimum Gasteiger partial charge on any atom is -0.491 e. The van der Waals surface area contributed by atoms with Crippen LogP contribution in [0.5, 0.6) is 5.75 Å². The average molecular weight is 433 g/mol. The van der Waals surface area contributed by atoms with E-state index in [4.69, 9.17) is 9.84 Å². The Morgan fingerprint density at radius 3 is 2.46 bits per heavy atom. The Bertz CT molecular complexity index is 752. The number of amides is 1. The van der Waals surface area contributed by atoms with Crippen LogP contribution in [0.3, 0.4) is 0 Å². The number of anilines is 2. The van der Waals surface area contributed by atoms with Gasteiger partial charge in [-0.05, 0) is 42.5 Å². The number of aliphatic hydroxyl groups is 1. The molecule has 2 aromatic carbocycles. The van der Waals surface area contributed by atoms with Gasteiger partial charge in [0.1, 0.15) is 12.4 Å². The second-order valence-corrected chi connectivity index (χ2v) is 6.10. The number of carbonyl (C=O) groups excluding carboxylic acids is 1. The molecular weight excluding hydrogens is 417 g/mol. The molecular formula is C17H16BrF3N2O3. The van der Waals surface area contributed by atoms with Crippen LogP contribution in [0.25, 0.3) is 0 Å². The normalized spacial score (nSPS) is 11.1. The summed E-state index contributed by atoms with van der Waals surface area (Å²) in [4.78, 5) is 11.9. The van der Waals surface area contributed by atoms with Gasteiger partial charge in [0, 0.05) is 15.8 Å². The number of ether oxygens (including phenoxy) is 1. The molecule has 0 heterocycles. The Morgan fingerprint density at radius 1 is 1.15 bits per heavy atom. The van der Waals surface area contributed by atoms with Crippen LogP contribution in [-0.4, -0.2) is 30.8 Å². The van der Waals surface area contributed by atoms with Gasteiger partial charge in [0.15, 0.2) is 0 Å². The van der Waals surface area contributed by atoms with E-state index in [2.05, 4.69) is 26.6 Å². The molecule has 0 saturated heterocycles. The van der Waals surface area contributed by atoms with Crippen molar-refractivity contribution >= 4 is 33.2 Å². The summed E-state index contributed by atoms with van der Waals surface area (Å²) in [6, 6.07) is 10.1. The smallest absolute Gasteiger partial charge is 0.418 e. The fourth-order valence-electron chi connectivity index (χ4n) is 2.08. The summed E-state index contributed by atoms with van der Waals surface area (Å²) >= 11 is 3.27. The molecule has 0 aromatic heterocycles. The van der Waals surface area contributed by atoms with Gasteiger partial charge in [-0.25, -0.2) is 0 Å². The van der Waals surface area contributed by atoms with Gasteiger partial charge in [-0.15, -0.1) is 0 Å². The maximum Gasteiger partial charge on any atom is 0.418 e. The van der Waals surface area contributed by atoms with E-state index in [1.165, 1.54) is 12.1 Å². The fraction of sp³-hybridized carbons (Fsp3) is 0.235. The molecule has 0 aliphatic rings. The molecule has 2 rings (SSSR count). The molecule has 0 saturated carbocycles. The van der Waals surface area contributed by atoms with Gasteiger partial charge in [0.25, 0.3) is 0 Å². The number of rotatable bonds is 7. The van der Waals surface area contributed by atoms with E-state index in [-0.39, 0.29) is 31.2 Å². The number of alkyl halides is 3. The minimum atomic E-state index is -4.62. The second kappa shape index (κ2) is 8.91. The summed E-state index contributed by atoms with van der Waals surface area (Å²) in [5.74, 6) is -0.503. The topological polar surface area (TPSA) is 70.6 Å². The molecule has 9 heteroatoms. The Hall–Kier alpha value is -2.26. The molecule has 3 N–H and O–H groups in total. The van der Waals surface area contributed by atoms with Gasteiger partial charge in [-0.2, -0.15) is 13.2 Å². The van der Waals surface area contributed by atoms with Crippen molar-refractivity contribution in [2.45, 2.75) is 6.18 Å². The molecule has 0 spiro atoms. The SMILES string of the molecule is O=C(CNc1ccc(OCCO)cc1C(F)(F)F)Nc1ccc(Br)cc1. The van der Waals surface area contributed by atoms with Crippen LogP contribution in [0.2, 0.25) is 0 Å². The van der Waals surface area contributed by atoms with Crippen molar-refractivity contribution in [1.29, 1.82) is 0 Å². The number of hydrogen-bond donors (Lipinski definition) is 3. The van der Waals surface area contributed by atoms with E-state index < -0.39 is 17.6 Å². The highest BCUT2D eigenvalue weighted by molar-refractivity contribution is 9.10. The monoisotopic (exact) mass is 432 g/mol. The number of benzene rings is 2. The van der Waals surface area contributed by atoms with Crippen molar-refractivity contribution in [3.8, 4) is 5.75 Å². The zero-order valence-corrected chi connectivity index (χ0v) is 15.0. The molecule has 2 aromatic rings. The Labute approximate surface area is 156 Å². The molecule has 0 aliphatic carbocycles. The maximum atomic E-state index is 13.2. The first-order valence-corrected chi connectivity index (χ1v) is 8.33. The number of aliphatic hydroxyl groups excluding tert-OH is 1. The first-order valence-electron chi connectivity index (χ1n) is 7.54. The first-order chi connectivity index (χ1) is 12.3. The van der Waals surface area contributed by atoms with E-state index in [0.29, 0.717) is 5.69 Å². The minimum absolute atomic E-state index is 0.0174. The van der Waals surface area contributed by atoms with Gasteiger partial charge >= 0.3 is 6.18 Å². The molecule has 0 aliphatic heterocycles. The van der Waals surface area contributed by atoms with Gasteiger partial charge in [0.2, 0.25) is 5.91 Å². The van der Waals surface area contributed by atoms with Crippen molar-refractivity contribution in [3.05, 3.63) is 52.5 Å². The van der Waals surface area contributed by atoms with Crippen LogP contribution in [-0.2, 0) is 11.0 Å². The van der Waals surface area contributed by atoms with Crippen molar-refractivity contribution in [3.63, 3.8) is 0 Å². The van der Waals surface area contributed by atoms with Gasteiger partial charge in [-0.1, -0.05) is 15.9 Å². The van der Waals surface area contributed by atoms with Crippen LogP contribution in [0.15, 0.2) is 46.9 Å². The molecule has 5 nitrogen and oxygen atoms in total. The molecule has 0 atom stereocenters. The summed E-state index contributed by atoms with van der Waals surface area (Å²) in [5.41, 5.74) is -0.659. The van der Waals surface area contributed by atoms with E-state index in [1.807, 2.05) is 0 Å². The Balaban J connectivity index is 2.05. The maximum absolute atomic E-state index is 13.2. The summed E-state index contributed by atoms with van der Waals surface area (Å²) in [5, 5.41) is 13.8. The van der Waals surface area contributed by atoms with Gasteiger partial charge in [0.05, 0.1) is 18.7 Å². The summed E-state index contributed by atoms with van der Waals surface area (Å²) < 4.78 is 45.5. The summed E-state index contributed by atoms with van der Waals surface area (Å²) in [7, 11) is 0. The predicted octanol–water partition coefficient (Wildman–Crippen LogP) is 3.89. The summed E-state index contributed by atoms with van der Waals surface area (Å²) in [6.45, 7) is -0.757. The standard InChI is InChI=1S/C17H16BrF3N2O3/c18-11-1-3-12(4-2-11)23-16(25)10-22-15-6-5-13(26-8-7-24)9-14(15)17(19,20)21/h1-6,9,22,24H,7-8,10H2,(H,23,25). The van der Waals surface area contributed by atoms with E-state index in [1.54, 1.807) is 24.3 Å². The third kappa shape index (κ3) is 5.92. The van der Waals surface area contributed by atoms with Crippen molar-refractivity contribution < 1.29 is 27.8 Å². The molecule has 0 bridgehead atoms. The van der Waals surface area contributed by atoms with Crippen LogP contribution in [0, 0.1) is 0 Å². The Kier molecular flexibility index (Phi) is 6.87. The third-order valence-corrected chi connectivity index (χ3v) is 3.75. The van der Waals surface area contributed by atoms with Crippen molar-refractivity contribution in [2.75, 3.05) is 30.4 Å². The highest BCUT2D eigenvalue weighted by atomic mass is 79.9. The highest BCUT2D eigenvalue weighted by Gasteiger charge is 2.34. The van der Waals surface area contributed by atoms with Crippen LogP contribution in [0.4, 0.5) is 24.5 Å². The number of nitrogens with one attached hydrogen (secondary N) is 2.